The summed E-state index contributed by atoms with van der Waals surface area (Å²) in [4.78, 5) is 10.7. The molecule has 0 radical (unpaired) electrons. The molecular formula is C26H26N4O4. The third-order valence-electron chi connectivity index (χ3n) is 6.03. The SMILES string of the molecule is CCCCCCC(=NO)C(=NO)c1cccc2c3ccccc3n(-c3ccc([N+](=O)[O-])cc3)c12. The number of hydrogen-bond donors (Lipinski definition) is 2. The molecule has 0 unspecified atom stereocenters. The Bertz CT molecular complexity index is 1390. The summed E-state index contributed by atoms with van der Waals surface area (Å²) in [7, 11) is 0. The van der Waals surface area contributed by atoms with E-state index in [-0.39, 0.29) is 11.4 Å². The molecule has 174 valence electrons. The van der Waals surface area contributed by atoms with Gasteiger partial charge >= 0.3 is 0 Å². The first kappa shape index (κ1) is 23.0. The van der Waals surface area contributed by atoms with Crippen molar-refractivity contribution in [2.24, 2.45) is 10.3 Å². The summed E-state index contributed by atoms with van der Waals surface area (Å²) in [6.45, 7) is 2.12. The lowest BCUT2D eigenvalue weighted by molar-refractivity contribution is -0.384. The lowest BCUT2D eigenvalue weighted by atomic mass is 9.98. The van der Waals surface area contributed by atoms with Crippen LogP contribution in [0, 0.1) is 10.1 Å². The molecule has 0 bridgehead atoms. The van der Waals surface area contributed by atoms with E-state index in [9.17, 15) is 20.5 Å². The van der Waals surface area contributed by atoms with Crippen molar-refractivity contribution in [2.45, 2.75) is 39.0 Å². The number of hydrogen-bond acceptors (Lipinski definition) is 6. The average molecular weight is 459 g/mol. The van der Waals surface area contributed by atoms with Crippen LogP contribution < -0.4 is 0 Å². The van der Waals surface area contributed by atoms with Gasteiger partial charge in [0.05, 0.1) is 16.0 Å². The molecule has 3 aromatic carbocycles. The van der Waals surface area contributed by atoms with Crippen LogP contribution in [0.15, 0.2) is 77.0 Å². The Morgan fingerprint density at radius 2 is 1.65 bits per heavy atom. The normalized spacial score (nSPS) is 12.5. The first-order chi connectivity index (χ1) is 16.6. The maximum absolute atomic E-state index is 11.2. The molecule has 0 aliphatic heterocycles. The van der Waals surface area contributed by atoms with E-state index < -0.39 is 4.92 Å². The Hall–Kier alpha value is -4.20. The van der Waals surface area contributed by atoms with Gasteiger partial charge in [0.1, 0.15) is 11.4 Å². The van der Waals surface area contributed by atoms with Crippen LogP contribution in [0.2, 0.25) is 0 Å². The van der Waals surface area contributed by atoms with Crippen molar-refractivity contribution in [1.82, 2.24) is 4.57 Å². The molecule has 4 aromatic rings. The summed E-state index contributed by atoms with van der Waals surface area (Å²) in [5, 5.41) is 39.8. The van der Waals surface area contributed by atoms with E-state index in [2.05, 4.69) is 17.2 Å². The predicted octanol–water partition coefficient (Wildman–Crippen LogP) is 6.67. The topological polar surface area (TPSA) is 113 Å². The van der Waals surface area contributed by atoms with Gasteiger partial charge in [-0.1, -0.05) is 72.9 Å². The highest BCUT2D eigenvalue weighted by Crippen LogP contribution is 2.35. The van der Waals surface area contributed by atoms with E-state index in [1.165, 1.54) is 12.1 Å². The Balaban J connectivity index is 1.93. The third-order valence-corrected chi connectivity index (χ3v) is 6.03. The van der Waals surface area contributed by atoms with Gasteiger partial charge in [-0.05, 0) is 31.0 Å². The maximum atomic E-state index is 11.2. The van der Waals surface area contributed by atoms with Crippen LogP contribution >= 0.6 is 0 Å². The lowest BCUT2D eigenvalue weighted by Gasteiger charge is -2.13. The zero-order valence-electron chi connectivity index (χ0n) is 18.9. The molecule has 0 saturated carbocycles. The molecule has 0 fully saturated rings. The third kappa shape index (κ3) is 4.22. The van der Waals surface area contributed by atoms with Crippen LogP contribution in [-0.2, 0) is 0 Å². The molecule has 0 aliphatic rings. The number of para-hydroxylation sites is 2. The standard InChI is InChI=1S/C26H26N4O4/c1-2-3-4-5-12-23(27-31)25(28-32)22-11-8-10-21-20-9-6-7-13-24(20)29(26(21)22)18-14-16-19(17-15-18)30(33)34/h6-11,13-17,31-32H,2-5,12H2,1H3. The number of nitro groups is 1. The highest BCUT2D eigenvalue weighted by molar-refractivity contribution is 6.50. The van der Waals surface area contributed by atoms with Gasteiger partial charge in [-0.15, -0.1) is 0 Å². The number of unbranched alkanes of at least 4 members (excludes halogenated alkanes) is 3. The zero-order valence-corrected chi connectivity index (χ0v) is 18.9. The van der Waals surface area contributed by atoms with Crippen LogP contribution in [0.1, 0.15) is 44.6 Å². The van der Waals surface area contributed by atoms with E-state index in [1.54, 1.807) is 12.1 Å². The minimum Gasteiger partial charge on any atom is -0.411 e. The van der Waals surface area contributed by atoms with Gasteiger partial charge in [0.2, 0.25) is 0 Å². The molecule has 34 heavy (non-hydrogen) atoms. The van der Waals surface area contributed by atoms with Crippen molar-refractivity contribution in [3.8, 4) is 5.69 Å². The summed E-state index contributed by atoms with van der Waals surface area (Å²) in [5.74, 6) is 0. The Morgan fingerprint density at radius 3 is 2.32 bits per heavy atom. The van der Waals surface area contributed by atoms with Crippen LogP contribution in [-0.4, -0.2) is 31.3 Å². The van der Waals surface area contributed by atoms with Gasteiger partial charge in [0, 0.05) is 34.2 Å². The fraction of sp³-hybridized carbons (Fsp3) is 0.231. The van der Waals surface area contributed by atoms with Gasteiger partial charge in [-0.25, -0.2) is 0 Å². The number of fused-ring (bicyclic) bond motifs is 3. The number of oxime groups is 2. The minimum absolute atomic E-state index is 0.00382. The maximum Gasteiger partial charge on any atom is 0.269 e. The summed E-state index contributed by atoms with van der Waals surface area (Å²) in [6, 6.07) is 19.9. The molecular weight excluding hydrogens is 432 g/mol. The number of benzene rings is 3. The van der Waals surface area contributed by atoms with E-state index in [0.717, 1.165) is 53.2 Å². The Kier molecular flexibility index (Phi) is 6.87. The Morgan fingerprint density at radius 1 is 0.912 bits per heavy atom. The van der Waals surface area contributed by atoms with Crippen LogP contribution in [0.3, 0.4) is 0 Å². The second kappa shape index (κ2) is 10.2. The summed E-state index contributed by atoms with van der Waals surface area (Å²) in [6.07, 6.45) is 4.44. The number of non-ortho nitro benzene ring substituents is 1. The van der Waals surface area contributed by atoms with E-state index in [0.29, 0.717) is 17.7 Å². The molecule has 8 heteroatoms. The first-order valence-electron chi connectivity index (χ1n) is 11.3. The van der Waals surface area contributed by atoms with Gasteiger partial charge in [-0.2, -0.15) is 0 Å². The van der Waals surface area contributed by atoms with Crippen molar-refractivity contribution < 1.29 is 15.3 Å². The van der Waals surface area contributed by atoms with E-state index in [4.69, 9.17) is 0 Å². The van der Waals surface area contributed by atoms with Crippen molar-refractivity contribution in [3.63, 3.8) is 0 Å². The van der Waals surface area contributed by atoms with Gasteiger partial charge in [0.25, 0.3) is 5.69 Å². The van der Waals surface area contributed by atoms with Crippen LogP contribution in [0.5, 0.6) is 0 Å². The van der Waals surface area contributed by atoms with E-state index in [1.807, 2.05) is 47.0 Å². The van der Waals surface area contributed by atoms with Crippen molar-refractivity contribution in [3.05, 3.63) is 82.4 Å². The summed E-state index contributed by atoms with van der Waals surface area (Å²) >= 11 is 0. The molecule has 4 rings (SSSR count). The van der Waals surface area contributed by atoms with Gasteiger partial charge < -0.3 is 15.0 Å². The average Bonchev–Trinajstić information content (AvgIpc) is 3.21. The fourth-order valence-corrected chi connectivity index (χ4v) is 4.40. The molecule has 0 saturated heterocycles. The molecule has 0 atom stereocenters. The largest absolute Gasteiger partial charge is 0.411 e. The van der Waals surface area contributed by atoms with E-state index >= 15 is 0 Å². The smallest absolute Gasteiger partial charge is 0.269 e. The molecule has 0 spiro atoms. The summed E-state index contributed by atoms with van der Waals surface area (Å²) < 4.78 is 1.99. The number of aromatic nitrogens is 1. The lowest BCUT2D eigenvalue weighted by Crippen LogP contribution is -2.17. The van der Waals surface area contributed by atoms with Crippen molar-refractivity contribution in [1.29, 1.82) is 0 Å². The quantitative estimate of drug-likeness (QED) is 0.0958. The second-order valence-corrected chi connectivity index (χ2v) is 8.13. The highest BCUT2D eigenvalue weighted by Gasteiger charge is 2.22. The monoisotopic (exact) mass is 458 g/mol. The Labute approximate surface area is 196 Å². The van der Waals surface area contributed by atoms with Gasteiger partial charge in [0.15, 0.2) is 0 Å². The fourth-order valence-electron chi connectivity index (χ4n) is 4.40. The number of rotatable bonds is 9. The van der Waals surface area contributed by atoms with Crippen LogP contribution in [0.4, 0.5) is 5.69 Å². The van der Waals surface area contributed by atoms with Crippen LogP contribution in [0.25, 0.3) is 27.5 Å². The number of nitrogens with zero attached hydrogens (tertiary/aromatic N) is 4. The van der Waals surface area contributed by atoms with Crippen molar-refractivity contribution >= 4 is 38.9 Å². The molecule has 1 heterocycles. The van der Waals surface area contributed by atoms with Gasteiger partial charge in [-0.3, -0.25) is 10.1 Å². The zero-order chi connectivity index (χ0) is 24.1. The molecule has 0 amide bonds. The molecule has 1 aromatic heterocycles. The summed E-state index contributed by atoms with van der Waals surface area (Å²) in [5.41, 5.74) is 3.53. The minimum atomic E-state index is -0.430. The molecule has 2 N–H and O–H groups in total. The number of nitro benzene ring substituents is 1. The van der Waals surface area contributed by atoms with Crippen molar-refractivity contribution in [2.75, 3.05) is 0 Å². The highest BCUT2D eigenvalue weighted by atomic mass is 16.6. The first-order valence-corrected chi connectivity index (χ1v) is 11.3. The predicted molar refractivity (Wildman–Crippen MR) is 134 cm³/mol. The molecule has 8 nitrogen and oxygen atoms in total. The second-order valence-electron chi connectivity index (χ2n) is 8.13. The molecule has 0 aliphatic carbocycles.